The molecule has 0 amide bonds. The fourth-order valence-electron chi connectivity index (χ4n) is 2.29. The van der Waals surface area contributed by atoms with Crippen LogP contribution in [0.2, 0.25) is 0 Å². The molecule has 2 heterocycles. The number of hydrogen-bond acceptors (Lipinski definition) is 7. The van der Waals surface area contributed by atoms with Gasteiger partial charge in [-0.1, -0.05) is 12.1 Å². The molecule has 0 aliphatic rings. The summed E-state index contributed by atoms with van der Waals surface area (Å²) in [6.45, 7) is -0.802. The van der Waals surface area contributed by atoms with Crippen LogP contribution in [0.15, 0.2) is 35.2 Å². The van der Waals surface area contributed by atoms with Crippen molar-refractivity contribution in [2.45, 2.75) is 17.6 Å². The van der Waals surface area contributed by atoms with Gasteiger partial charge in [0.15, 0.2) is 21.4 Å². The van der Waals surface area contributed by atoms with E-state index in [2.05, 4.69) is 14.5 Å². The number of aliphatic carboxylic acids is 1. The summed E-state index contributed by atoms with van der Waals surface area (Å²) in [5, 5.41) is 12.4. The van der Waals surface area contributed by atoms with Gasteiger partial charge in [0.1, 0.15) is 17.2 Å². The molecule has 0 atom stereocenters. The van der Waals surface area contributed by atoms with Crippen molar-refractivity contribution in [3.05, 3.63) is 36.0 Å². The molecule has 3 rings (SSSR count). The largest absolute Gasteiger partial charge is 0.480 e. The van der Waals surface area contributed by atoms with Gasteiger partial charge in [-0.05, 0) is 29.7 Å². The van der Waals surface area contributed by atoms with Crippen molar-refractivity contribution < 1.29 is 31.5 Å². The number of benzene rings is 1. The first-order chi connectivity index (χ1) is 12.9. The zero-order valence-electron chi connectivity index (χ0n) is 14.0. The van der Waals surface area contributed by atoms with E-state index in [1.54, 1.807) is 6.07 Å². The van der Waals surface area contributed by atoms with Crippen LogP contribution in [0.5, 0.6) is 0 Å². The molecule has 13 heteroatoms. The molecule has 1 N–H and O–H groups in total. The predicted octanol–water partition coefficient (Wildman–Crippen LogP) is 2.58. The molecule has 28 heavy (non-hydrogen) atoms. The maximum absolute atomic E-state index is 12.9. The lowest BCUT2D eigenvalue weighted by Gasteiger charge is -2.02. The monoisotopic (exact) mass is 432 g/mol. The average Bonchev–Trinajstić information content (AvgIpc) is 3.20. The third-order valence-electron chi connectivity index (χ3n) is 3.52. The Morgan fingerprint density at radius 3 is 2.61 bits per heavy atom. The first-order valence-electron chi connectivity index (χ1n) is 7.46. The Bertz CT molecular complexity index is 1150. The molecule has 2 aromatic heterocycles. The summed E-state index contributed by atoms with van der Waals surface area (Å²) in [4.78, 5) is 15.1. The molecular weight excluding hydrogens is 421 g/mol. The summed E-state index contributed by atoms with van der Waals surface area (Å²) in [5.41, 5.74) is -1.07. The van der Waals surface area contributed by atoms with Crippen molar-refractivity contribution in [2.75, 3.05) is 6.26 Å². The van der Waals surface area contributed by atoms with Crippen LogP contribution in [0.4, 0.5) is 13.2 Å². The van der Waals surface area contributed by atoms with E-state index >= 15 is 0 Å². The predicted molar refractivity (Wildman–Crippen MR) is 92.3 cm³/mol. The molecule has 0 fully saturated rings. The lowest BCUT2D eigenvalue weighted by atomic mass is 10.2. The number of hydrogen-bond donors (Lipinski definition) is 1. The molecule has 0 spiro atoms. The Hall–Kier alpha value is -2.80. The third kappa shape index (κ3) is 4.20. The highest BCUT2D eigenvalue weighted by Gasteiger charge is 2.36. The lowest BCUT2D eigenvalue weighted by Crippen LogP contribution is -2.13. The van der Waals surface area contributed by atoms with Crippen molar-refractivity contribution in [1.82, 2.24) is 19.1 Å². The summed E-state index contributed by atoms with van der Waals surface area (Å²) in [5.74, 6) is -1.52. The second kappa shape index (κ2) is 6.98. The van der Waals surface area contributed by atoms with Gasteiger partial charge in [0, 0.05) is 11.8 Å². The van der Waals surface area contributed by atoms with Gasteiger partial charge in [-0.25, -0.2) is 18.1 Å². The molecule has 0 aliphatic carbocycles. The van der Waals surface area contributed by atoms with E-state index < -0.39 is 34.2 Å². The number of nitrogens with zero attached hydrogens (tertiary/aromatic N) is 4. The molecule has 148 valence electrons. The standard InChI is InChI=1S/C15H11F3N4O4S2/c1-28(25,26)9-4-2-3-8(5-9)14-19-13(21-27-14)10-6-11(15(16,17)18)20-22(10)7-12(23)24/h2-6H,7H2,1H3,(H,23,24). The summed E-state index contributed by atoms with van der Waals surface area (Å²) in [7, 11) is -3.46. The van der Waals surface area contributed by atoms with E-state index in [0.717, 1.165) is 17.8 Å². The maximum Gasteiger partial charge on any atom is 0.435 e. The summed E-state index contributed by atoms with van der Waals surface area (Å²) < 4.78 is 66.8. The second-order valence-electron chi connectivity index (χ2n) is 5.69. The minimum absolute atomic E-state index is 0.0528. The highest BCUT2D eigenvalue weighted by atomic mass is 32.2. The van der Waals surface area contributed by atoms with Crippen molar-refractivity contribution >= 4 is 27.3 Å². The molecule has 8 nitrogen and oxygen atoms in total. The number of carboxylic acid groups (broad SMARTS) is 1. The number of alkyl halides is 3. The molecular formula is C15H11F3N4O4S2. The van der Waals surface area contributed by atoms with Crippen LogP contribution >= 0.6 is 11.5 Å². The van der Waals surface area contributed by atoms with Crippen LogP contribution in [0.1, 0.15) is 5.69 Å². The van der Waals surface area contributed by atoms with Crippen LogP contribution < -0.4 is 0 Å². The van der Waals surface area contributed by atoms with Crippen molar-refractivity contribution in [3.63, 3.8) is 0 Å². The Balaban J connectivity index is 2.05. The molecule has 0 radical (unpaired) electrons. The third-order valence-corrected chi connectivity index (χ3v) is 5.39. The maximum atomic E-state index is 12.9. The fraction of sp³-hybridized carbons (Fsp3) is 0.200. The summed E-state index contributed by atoms with van der Waals surface area (Å²) >= 11 is 0.835. The van der Waals surface area contributed by atoms with Crippen LogP contribution in [0.25, 0.3) is 22.1 Å². The second-order valence-corrected chi connectivity index (χ2v) is 8.45. The van der Waals surface area contributed by atoms with Crippen molar-refractivity contribution in [2.24, 2.45) is 0 Å². The molecule has 3 aromatic rings. The average molecular weight is 432 g/mol. The molecule has 0 saturated carbocycles. The fourth-order valence-corrected chi connectivity index (χ4v) is 3.62. The first kappa shape index (κ1) is 19.9. The van der Waals surface area contributed by atoms with Gasteiger partial charge in [0.05, 0.1) is 4.90 Å². The minimum atomic E-state index is -4.76. The van der Waals surface area contributed by atoms with Crippen molar-refractivity contribution in [1.29, 1.82) is 0 Å². The Morgan fingerprint density at radius 2 is 2.00 bits per heavy atom. The Kier molecular flexibility index (Phi) is 4.97. The van der Waals surface area contributed by atoms with Gasteiger partial charge in [0.2, 0.25) is 0 Å². The number of halogens is 3. The van der Waals surface area contributed by atoms with E-state index in [-0.39, 0.29) is 21.4 Å². The van der Waals surface area contributed by atoms with Gasteiger partial charge < -0.3 is 5.11 Å². The highest BCUT2D eigenvalue weighted by molar-refractivity contribution is 7.90. The summed E-state index contributed by atoms with van der Waals surface area (Å²) in [6.07, 6.45) is -3.72. The number of carbonyl (C=O) groups is 1. The smallest absolute Gasteiger partial charge is 0.435 e. The topological polar surface area (TPSA) is 115 Å². The molecule has 1 aromatic carbocycles. The van der Waals surface area contributed by atoms with E-state index in [1.165, 1.54) is 18.2 Å². The zero-order valence-corrected chi connectivity index (χ0v) is 15.6. The van der Waals surface area contributed by atoms with Gasteiger partial charge in [0.25, 0.3) is 0 Å². The van der Waals surface area contributed by atoms with Crippen LogP contribution in [0, 0.1) is 0 Å². The lowest BCUT2D eigenvalue weighted by molar-refractivity contribution is -0.143. The van der Waals surface area contributed by atoms with Crippen LogP contribution in [-0.2, 0) is 27.4 Å². The van der Waals surface area contributed by atoms with Crippen LogP contribution in [-0.4, -0.2) is 44.9 Å². The van der Waals surface area contributed by atoms with E-state index in [9.17, 15) is 26.4 Å². The molecule has 0 saturated heterocycles. The van der Waals surface area contributed by atoms with Crippen LogP contribution in [0.3, 0.4) is 0 Å². The quantitative estimate of drug-likeness (QED) is 0.659. The van der Waals surface area contributed by atoms with Gasteiger partial charge in [-0.2, -0.15) is 22.6 Å². The minimum Gasteiger partial charge on any atom is -0.480 e. The number of rotatable bonds is 5. The number of sulfone groups is 1. The van der Waals surface area contributed by atoms with Gasteiger partial charge in [-0.3, -0.25) is 4.79 Å². The van der Waals surface area contributed by atoms with Gasteiger partial charge in [-0.15, -0.1) is 0 Å². The van der Waals surface area contributed by atoms with Gasteiger partial charge >= 0.3 is 12.1 Å². The summed E-state index contributed by atoms with van der Waals surface area (Å²) in [6, 6.07) is 6.52. The van der Waals surface area contributed by atoms with E-state index in [4.69, 9.17) is 5.11 Å². The normalized spacial score (nSPS) is 12.3. The molecule has 0 bridgehead atoms. The Labute approximate surface area is 160 Å². The zero-order chi connectivity index (χ0) is 20.7. The molecule has 0 unspecified atom stereocenters. The number of carboxylic acids is 1. The molecule has 0 aliphatic heterocycles. The SMILES string of the molecule is CS(=O)(=O)c1cccc(-c2nc(-c3cc(C(F)(F)F)nn3CC(=O)O)ns2)c1. The van der Waals surface area contributed by atoms with E-state index in [0.29, 0.717) is 16.3 Å². The van der Waals surface area contributed by atoms with Crippen molar-refractivity contribution in [3.8, 4) is 22.1 Å². The van der Waals surface area contributed by atoms with E-state index in [1.807, 2.05) is 0 Å². The first-order valence-corrected chi connectivity index (χ1v) is 10.1. The Morgan fingerprint density at radius 1 is 1.29 bits per heavy atom. The highest BCUT2D eigenvalue weighted by Crippen LogP contribution is 2.33. The number of aromatic nitrogens is 4.